The molecule has 0 spiro atoms. The van der Waals surface area contributed by atoms with E-state index in [9.17, 15) is 0 Å². The Labute approximate surface area is 55.1 Å². The van der Waals surface area contributed by atoms with E-state index in [1.165, 1.54) is 19.3 Å². The highest BCUT2D eigenvalue weighted by atomic mass is 35.5. The van der Waals surface area contributed by atoms with Gasteiger partial charge in [0.1, 0.15) is 0 Å². The van der Waals surface area contributed by atoms with Crippen LogP contribution in [0.15, 0.2) is 0 Å². The van der Waals surface area contributed by atoms with Crippen LogP contribution in [-0.2, 0) is 4.29 Å². The zero-order valence-electron chi connectivity index (χ0n) is 4.90. The van der Waals surface area contributed by atoms with Gasteiger partial charge in [0.25, 0.3) is 0 Å². The summed E-state index contributed by atoms with van der Waals surface area (Å²) in [4.78, 5) is 0. The minimum atomic E-state index is 0.352. The van der Waals surface area contributed by atoms with Crippen LogP contribution in [-0.4, -0.2) is 6.10 Å². The number of halogens is 1. The minimum absolute atomic E-state index is 0.352. The molecular weight excluding hydrogens is 124 g/mol. The molecule has 0 N–H and O–H groups in total. The Kier molecular flexibility index (Phi) is 2.64. The molecule has 1 nitrogen and oxygen atoms in total. The molecule has 48 valence electrons. The number of rotatable bonds is 1. The van der Waals surface area contributed by atoms with Gasteiger partial charge in [0.15, 0.2) is 0 Å². The van der Waals surface area contributed by atoms with E-state index in [1.54, 1.807) is 0 Å². The lowest BCUT2D eigenvalue weighted by Gasteiger charge is -2.17. The van der Waals surface area contributed by atoms with Crippen LogP contribution in [0.4, 0.5) is 0 Å². The molecule has 1 aliphatic rings. The first-order valence-electron chi connectivity index (χ1n) is 3.21. The standard InChI is InChI=1S/C6H11ClO/c7-8-6-4-2-1-3-5-6/h6H,1-5H2. The van der Waals surface area contributed by atoms with Gasteiger partial charge < -0.3 is 0 Å². The van der Waals surface area contributed by atoms with Gasteiger partial charge in [0.2, 0.25) is 0 Å². The fraction of sp³-hybridized carbons (Fsp3) is 1.00. The van der Waals surface area contributed by atoms with Crippen molar-refractivity contribution in [1.82, 2.24) is 0 Å². The van der Waals surface area contributed by atoms with Crippen molar-refractivity contribution >= 4 is 11.9 Å². The average Bonchev–Trinajstić information content (AvgIpc) is 1.90. The van der Waals surface area contributed by atoms with Crippen LogP contribution in [0.5, 0.6) is 0 Å². The van der Waals surface area contributed by atoms with Crippen molar-refractivity contribution in [2.75, 3.05) is 0 Å². The Morgan fingerprint density at radius 1 is 1.12 bits per heavy atom. The molecule has 8 heavy (non-hydrogen) atoms. The lowest BCUT2D eigenvalue weighted by Crippen LogP contribution is -2.11. The second-order valence-electron chi connectivity index (χ2n) is 2.35. The fourth-order valence-electron chi connectivity index (χ4n) is 1.15. The maximum absolute atomic E-state index is 5.18. The first-order valence-corrected chi connectivity index (χ1v) is 3.52. The van der Waals surface area contributed by atoms with E-state index in [0.717, 1.165) is 12.8 Å². The third kappa shape index (κ3) is 1.64. The summed E-state index contributed by atoms with van der Waals surface area (Å²) in [6.07, 6.45) is 6.60. The first-order chi connectivity index (χ1) is 3.93. The molecule has 1 aliphatic carbocycles. The van der Waals surface area contributed by atoms with Crippen molar-refractivity contribution in [1.29, 1.82) is 0 Å². The number of hydrogen-bond acceptors (Lipinski definition) is 1. The van der Waals surface area contributed by atoms with Crippen molar-refractivity contribution in [2.45, 2.75) is 38.2 Å². The molecule has 1 rings (SSSR count). The van der Waals surface area contributed by atoms with Crippen LogP contribution in [0, 0.1) is 0 Å². The summed E-state index contributed by atoms with van der Waals surface area (Å²) in [7, 11) is 0. The van der Waals surface area contributed by atoms with E-state index in [2.05, 4.69) is 4.29 Å². The molecule has 0 aromatic heterocycles. The SMILES string of the molecule is ClOC1CCCCC1. The highest BCUT2D eigenvalue weighted by Crippen LogP contribution is 2.20. The lowest BCUT2D eigenvalue weighted by molar-refractivity contribution is 0.171. The van der Waals surface area contributed by atoms with Gasteiger partial charge in [0, 0.05) is 0 Å². The predicted octanol–water partition coefficient (Wildman–Crippen LogP) is 2.49. The number of hydrogen-bond donors (Lipinski definition) is 0. The van der Waals surface area contributed by atoms with Crippen LogP contribution >= 0.6 is 11.9 Å². The van der Waals surface area contributed by atoms with E-state index in [1.807, 2.05) is 0 Å². The van der Waals surface area contributed by atoms with Crippen molar-refractivity contribution in [2.24, 2.45) is 0 Å². The third-order valence-electron chi connectivity index (χ3n) is 1.68. The Hall–Kier alpha value is 0.250. The van der Waals surface area contributed by atoms with Gasteiger partial charge in [-0.25, -0.2) is 0 Å². The van der Waals surface area contributed by atoms with E-state index in [0.29, 0.717) is 6.10 Å². The van der Waals surface area contributed by atoms with E-state index in [4.69, 9.17) is 11.9 Å². The maximum Gasteiger partial charge on any atom is 0.0790 e. The molecule has 0 amide bonds. The Morgan fingerprint density at radius 2 is 1.75 bits per heavy atom. The first kappa shape index (κ1) is 6.37. The van der Waals surface area contributed by atoms with Crippen LogP contribution in [0.2, 0.25) is 0 Å². The molecule has 2 heteroatoms. The summed E-state index contributed by atoms with van der Waals surface area (Å²) in [5.74, 6) is 0. The summed E-state index contributed by atoms with van der Waals surface area (Å²) in [5, 5.41) is 0. The molecule has 0 unspecified atom stereocenters. The Bertz CT molecular complexity index is 59.5. The normalized spacial score (nSPS) is 23.6. The second kappa shape index (κ2) is 3.31. The monoisotopic (exact) mass is 134 g/mol. The Morgan fingerprint density at radius 3 is 2.12 bits per heavy atom. The van der Waals surface area contributed by atoms with Crippen molar-refractivity contribution < 1.29 is 4.29 Å². The zero-order chi connectivity index (χ0) is 5.82. The van der Waals surface area contributed by atoms with Gasteiger partial charge >= 0.3 is 0 Å². The molecule has 0 bridgehead atoms. The van der Waals surface area contributed by atoms with Gasteiger partial charge in [-0.15, -0.1) is 0 Å². The molecular formula is C6H11ClO. The topological polar surface area (TPSA) is 9.23 Å². The van der Waals surface area contributed by atoms with Crippen LogP contribution in [0.3, 0.4) is 0 Å². The molecule has 0 radical (unpaired) electrons. The largest absolute Gasteiger partial charge is 0.276 e. The van der Waals surface area contributed by atoms with Crippen LogP contribution in [0.1, 0.15) is 32.1 Å². The van der Waals surface area contributed by atoms with E-state index in [-0.39, 0.29) is 0 Å². The van der Waals surface area contributed by atoms with Gasteiger partial charge in [-0.3, -0.25) is 4.29 Å². The van der Waals surface area contributed by atoms with E-state index >= 15 is 0 Å². The lowest BCUT2D eigenvalue weighted by atomic mass is 9.98. The van der Waals surface area contributed by atoms with Crippen molar-refractivity contribution in [3.8, 4) is 0 Å². The van der Waals surface area contributed by atoms with Gasteiger partial charge in [-0.1, -0.05) is 19.3 Å². The highest BCUT2D eigenvalue weighted by Gasteiger charge is 2.12. The van der Waals surface area contributed by atoms with Gasteiger partial charge in [-0.2, -0.15) is 0 Å². The smallest absolute Gasteiger partial charge is 0.0790 e. The minimum Gasteiger partial charge on any atom is -0.276 e. The summed E-state index contributed by atoms with van der Waals surface area (Å²) >= 11 is 5.18. The summed E-state index contributed by atoms with van der Waals surface area (Å²) in [6, 6.07) is 0. The molecule has 1 saturated carbocycles. The zero-order valence-corrected chi connectivity index (χ0v) is 5.66. The van der Waals surface area contributed by atoms with Crippen LogP contribution in [0.25, 0.3) is 0 Å². The molecule has 0 atom stereocenters. The Balaban J connectivity index is 2.13. The summed E-state index contributed by atoms with van der Waals surface area (Å²) in [5.41, 5.74) is 0. The summed E-state index contributed by atoms with van der Waals surface area (Å²) in [6.45, 7) is 0. The van der Waals surface area contributed by atoms with Gasteiger partial charge in [-0.05, 0) is 12.8 Å². The van der Waals surface area contributed by atoms with Crippen molar-refractivity contribution in [3.05, 3.63) is 0 Å². The third-order valence-corrected chi connectivity index (χ3v) is 1.93. The molecule has 0 saturated heterocycles. The van der Waals surface area contributed by atoms with Gasteiger partial charge in [0.05, 0.1) is 18.0 Å². The van der Waals surface area contributed by atoms with Crippen LogP contribution < -0.4 is 0 Å². The van der Waals surface area contributed by atoms with Crippen molar-refractivity contribution in [3.63, 3.8) is 0 Å². The molecule has 1 fully saturated rings. The fourth-order valence-corrected chi connectivity index (χ4v) is 1.33. The molecule has 0 aromatic carbocycles. The predicted molar refractivity (Wildman–Crippen MR) is 33.8 cm³/mol. The molecule has 0 heterocycles. The quantitative estimate of drug-likeness (QED) is 0.536. The second-order valence-corrected chi connectivity index (χ2v) is 2.53. The maximum atomic E-state index is 5.18. The molecule has 0 aliphatic heterocycles. The highest BCUT2D eigenvalue weighted by molar-refractivity contribution is 6.07. The average molecular weight is 135 g/mol. The summed E-state index contributed by atoms with van der Waals surface area (Å²) < 4.78 is 4.66. The molecule has 0 aromatic rings. The van der Waals surface area contributed by atoms with E-state index < -0.39 is 0 Å².